The molecule has 0 aromatic carbocycles. The molecule has 0 aromatic rings. The fraction of sp³-hybridized carbons (Fsp3) is 0.769. The molecule has 4 nitrogen and oxygen atoms in total. The van der Waals surface area contributed by atoms with Crippen molar-refractivity contribution in [3.8, 4) is 0 Å². The van der Waals surface area contributed by atoms with Crippen molar-refractivity contribution in [2.45, 2.75) is 52.7 Å². The van der Waals surface area contributed by atoms with E-state index in [0.29, 0.717) is 5.47 Å². The lowest BCUT2D eigenvalue weighted by Crippen LogP contribution is -2.41. The molecule has 1 fully saturated rings. The molecule has 1 heterocycles. The van der Waals surface area contributed by atoms with Crippen molar-refractivity contribution in [3.63, 3.8) is 0 Å². The van der Waals surface area contributed by atoms with E-state index in [9.17, 15) is 4.79 Å². The Hall–Kier alpha value is -0.805. The van der Waals surface area contributed by atoms with Crippen LogP contribution in [0.5, 0.6) is 0 Å². The summed E-state index contributed by atoms with van der Waals surface area (Å²) in [5.74, 6) is -0.345. The molecular formula is C13H23BO4. The van der Waals surface area contributed by atoms with Crippen LogP contribution < -0.4 is 0 Å². The summed E-state index contributed by atoms with van der Waals surface area (Å²) in [5, 5.41) is 0. The van der Waals surface area contributed by atoms with Crippen LogP contribution in [0, 0.1) is 5.41 Å². The molecular weight excluding hydrogens is 231 g/mol. The molecule has 1 rings (SSSR count). The lowest BCUT2D eigenvalue weighted by molar-refractivity contribution is -0.148. The van der Waals surface area contributed by atoms with E-state index in [1.54, 1.807) is 13.8 Å². The lowest BCUT2D eigenvalue weighted by atomic mass is 9.65. The van der Waals surface area contributed by atoms with Gasteiger partial charge in [0.15, 0.2) is 0 Å². The van der Waals surface area contributed by atoms with Gasteiger partial charge in [-0.1, -0.05) is 0 Å². The molecule has 102 valence electrons. The summed E-state index contributed by atoms with van der Waals surface area (Å²) in [7, 11) is 0.769. The maximum absolute atomic E-state index is 11.8. The molecule has 0 unspecified atom stereocenters. The quantitative estimate of drug-likeness (QED) is 0.573. The zero-order chi connectivity index (χ0) is 14.4. The maximum atomic E-state index is 11.8. The van der Waals surface area contributed by atoms with Crippen molar-refractivity contribution < 1.29 is 18.8 Å². The number of rotatable bonds is 3. The van der Waals surface area contributed by atoms with Crippen molar-refractivity contribution in [2.75, 3.05) is 7.11 Å². The van der Waals surface area contributed by atoms with Crippen LogP contribution in [0.2, 0.25) is 0 Å². The first kappa shape index (κ1) is 15.3. The predicted octanol–water partition coefficient (Wildman–Crippen LogP) is 2.37. The first-order chi connectivity index (χ1) is 7.95. The fourth-order valence-electron chi connectivity index (χ4n) is 1.67. The molecule has 0 aromatic heterocycles. The zero-order valence-corrected chi connectivity index (χ0v) is 12.4. The van der Waals surface area contributed by atoms with E-state index >= 15 is 0 Å². The Bertz CT molecular complexity index is 355. The molecule has 0 amide bonds. The third kappa shape index (κ3) is 2.34. The van der Waals surface area contributed by atoms with Gasteiger partial charge in [-0.25, -0.2) is 0 Å². The van der Waals surface area contributed by atoms with E-state index in [4.69, 9.17) is 14.0 Å². The normalized spacial score (nSPS) is 21.8. The Morgan fingerprint density at radius 2 is 1.56 bits per heavy atom. The number of carbonyl (C=O) groups is 1. The van der Waals surface area contributed by atoms with Gasteiger partial charge in [-0.3, -0.25) is 4.79 Å². The molecule has 0 aliphatic carbocycles. The average Bonchev–Trinajstić information content (AvgIpc) is 2.45. The third-order valence-electron chi connectivity index (χ3n) is 4.04. The summed E-state index contributed by atoms with van der Waals surface area (Å²) in [6, 6.07) is 0. The minimum absolute atomic E-state index is 0.345. The molecule has 1 aliphatic heterocycles. The smallest absolute Gasteiger partial charge is 0.468 e. The van der Waals surface area contributed by atoms with Gasteiger partial charge in [0, 0.05) is 0 Å². The van der Waals surface area contributed by atoms with Crippen LogP contribution in [-0.2, 0) is 18.8 Å². The second kappa shape index (κ2) is 4.39. The van der Waals surface area contributed by atoms with E-state index < -0.39 is 23.7 Å². The van der Waals surface area contributed by atoms with Gasteiger partial charge in [0.2, 0.25) is 0 Å². The van der Waals surface area contributed by atoms with Gasteiger partial charge in [0.25, 0.3) is 0 Å². The minimum Gasteiger partial charge on any atom is -0.468 e. The molecule has 5 heteroatoms. The standard InChI is InChI=1S/C13H23BO4/c1-9(11(2,3)10(15)16-8)14-17-12(4,5)13(6,7)18-14/h1H2,2-8H3. The number of methoxy groups -OCH3 is 1. The van der Waals surface area contributed by atoms with E-state index in [0.717, 1.165) is 0 Å². The van der Waals surface area contributed by atoms with E-state index in [2.05, 4.69) is 6.58 Å². The van der Waals surface area contributed by atoms with E-state index in [1.807, 2.05) is 27.7 Å². The Morgan fingerprint density at radius 3 is 1.89 bits per heavy atom. The molecule has 0 N–H and O–H groups in total. The molecule has 0 atom stereocenters. The third-order valence-corrected chi connectivity index (χ3v) is 4.04. The van der Waals surface area contributed by atoms with Gasteiger partial charge < -0.3 is 14.0 Å². The number of hydrogen-bond donors (Lipinski definition) is 0. The minimum atomic E-state index is -0.837. The summed E-state index contributed by atoms with van der Waals surface area (Å²) < 4.78 is 16.5. The Balaban J connectivity index is 2.93. The highest BCUT2D eigenvalue weighted by molar-refractivity contribution is 6.55. The second-order valence-corrected chi connectivity index (χ2v) is 6.23. The van der Waals surface area contributed by atoms with Crippen LogP contribution in [0.15, 0.2) is 12.1 Å². The van der Waals surface area contributed by atoms with E-state index in [-0.39, 0.29) is 5.97 Å². The molecule has 0 radical (unpaired) electrons. The highest BCUT2D eigenvalue weighted by atomic mass is 16.7. The number of carbonyl (C=O) groups excluding carboxylic acids is 1. The molecule has 1 aliphatic rings. The van der Waals surface area contributed by atoms with Crippen LogP contribution >= 0.6 is 0 Å². The summed E-state index contributed by atoms with van der Waals surface area (Å²) >= 11 is 0. The summed E-state index contributed by atoms with van der Waals surface area (Å²) in [6.45, 7) is 15.3. The van der Waals surface area contributed by atoms with Gasteiger partial charge >= 0.3 is 13.1 Å². The average molecular weight is 254 g/mol. The Labute approximate surface area is 110 Å². The predicted molar refractivity (Wildman–Crippen MR) is 71.0 cm³/mol. The lowest BCUT2D eigenvalue weighted by Gasteiger charge is -2.32. The molecule has 0 spiro atoms. The van der Waals surface area contributed by atoms with Crippen LogP contribution in [0.25, 0.3) is 0 Å². The van der Waals surface area contributed by atoms with Gasteiger partial charge in [0.1, 0.15) is 0 Å². The highest BCUT2D eigenvalue weighted by Crippen LogP contribution is 2.41. The zero-order valence-electron chi connectivity index (χ0n) is 12.4. The van der Waals surface area contributed by atoms with Crippen molar-refractivity contribution in [3.05, 3.63) is 12.1 Å². The first-order valence-electron chi connectivity index (χ1n) is 6.09. The van der Waals surface area contributed by atoms with Crippen LogP contribution in [-0.4, -0.2) is 31.4 Å². The largest absolute Gasteiger partial charge is 0.491 e. The van der Waals surface area contributed by atoms with Crippen LogP contribution in [0.1, 0.15) is 41.5 Å². The maximum Gasteiger partial charge on any atom is 0.491 e. The summed E-state index contributed by atoms with van der Waals surface area (Å²) in [6.07, 6.45) is 0. The SMILES string of the molecule is C=C(B1OC(C)(C)C(C)(C)O1)C(C)(C)C(=O)OC. The molecule has 1 saturated heterocycles. The molecule has 18 heavy (non-hydrogen) atoms. The number of ether oxygens (including phenoxy) is 1. The highest BCUT2D eigenvalue weighted by Gasteiger charge is 2.55. The van der Waals surface area contributed by atoms with E-state index in [1.165, 1.54) is 7.11 Å². The number of hydrogen-bond acceptors (Lipinski definition) is 4. The summed E-state index contributed by atoms with van der Waals surface area (Å²) in [4.78, 5) is 11.8. The van der Waals surface area contributed by atoms with Crippen LogP contribution in [0.3, 0.4) is 0 Å². The van der Waals surface area contributed by atoms with Crippen molar-refractivity contribution in [2.24, 2.45) is 5.41 Å². The Morgan fingerprint density at radius 1 is 1.17 bits per heavy atom. The summed E-state index contributed by atoms with van der Waals surface area (Å²) in [5.41, 5.74) is -1.14. The first-order valence-corrected chi connectivity index (χ1v) is 6.09. The van der Waals surface area contributed by atoms with Crippen LogP contribution in [0.4, 0.5) is 0 Å². The molecule has 0 saturated carbocycles. The van der Waals surface area contributed by atoms with Crippen molar-refractivity contribution in [1.82, 2.24) is 0 Å². The Kier molecular flexibility index (Phi) is 3.72. The number of esters is 1. The van der Waals surface area contributed by atoms with Crippen molar-refractivity contribution in [1.29, 1.82) is 0 Å². The van der Waals surface area contributed by atoms with Gasteiger partial charge in [-0.2, -0.15) is 0 Å². The molecule has 0 bridgehead atoms. The van der Waals surface area contributed by atoms with Gasteiger partial charge in [-0.05, 0) is 47.0 Å². The van der Waals surface area contributed by atoms with Crippen molar-refractivity contribution >= 4 is 13.1 Å². The van der Waals surface area contributed by atoms with Gasteiger partial charge in [0.05, 0.1) is 23.7 Å². The van der Waals surface area contributed by atoms with Gasteiger partial charge in [-0.15, -0.1) is 6.58 Å². The second-order valence-electron chi connectivity index (χ2n) is 6.23. The topological polar surface area (TPSA) is 44.8 Å². The fourth-order valence-corrected chi connectivity index (χ4v) is 1.67. The monoisotopic (exact) mass is 254 g/mol.